The predicted octanol–water partition coefficient (Wildman–Crippen LogP) is 12.0. The molecule has 0 aromatic rings. The van der Waals surface area contributed by atoms with Gasteiger partial charge in [-0.05, 0) is 27.7 Å². The summed E-state index contributed by atoms with van der Waals surface area (Å²) in [5.74, 6) is -6.16. The molecule has 0 heterocycles. The van der Waals surface area contributed by atoms with Crippen LogP contribution in [0.15, 0.2) is 0 Å². The van der Waals surface area contributed by atoms with Crippen LogP contribution in [-0.2, 0) is 128 Å². The zero-order valence-electron chi connectivity index (χ0n) is 54.7. The van der Waals surface area contributed by atoms with Gasteiger partial charge in [0.25, 0.3) is 0 Å². The van der Waals surface area contributed by atoms with Gasteiger partial charge in [0.1, 0.15) is 26.4 Å². The number of nitrogens with one attached hydrogen (secondary N) is 7. The molecule has 3 aliphatic rings. The Morgan fingerprint density at radius 3 is 0.625 bits per heavy atom. The van der Waals surface area contributed by atoms with Crippen LogP contribution in [0.1, 0.15) is 105 Å². The summed E-state index contributed by atoms with van der Waals surface area (Å²) in [5.41, 5.74) is 22.2. The maximum Gasteiger partial charge on any atom is 2.00 e. The zero-order chi connectivity index (χ0) is 75.4. The van der Waals surface area contributed by atoms with E-state index >= 15 is 0 Å². The summed E-state index contributed by atoms with van der Waals surface area (Å²) in [6.07, 6.45) is 10.6. The van der Waals surface area contributed by atoms with Gasteiger partial charge in [0, 0.05) is 54.6 Å². The van der Waals surface area contributed by atoms with Crippen LogP contribution in [0.2, 0.25) is 0 Å². The van der Waals surface area contributed by atoms with Crippen molar-refractivity contribution in [2.75, 3.05) is 107 Å². The number of hydrogen-bond acceptors (Lipinski definition) is 16. The minimum atomic E-state index is -1.82. The van der Waals surface area contributed by atoms with Crippen LogP contribution in [0.3, 0.4) is 0 Å². The van der Waals surface area contributed by atoms with E-state index in [1.807, 2.05) is 0 Å². The molecule has 3 fully saturated rings. The Kier molecular flexibility index (Phi) is 155. The van der Waals surface area contributed by atoms with E-state index in [0.717, 1.165) is 19.3 Å². The van der Waals surface area contributed by atoms with Gasteiger partial charge < -0.3 is 151 Å². The second kappa shape index (κ2) is 114. The molecule has 592 valence electrons. The standard InChI is InChI=1S/3C7H13N.2C5H10O4.4C3H7NO2.2C3H6O3.C2H2O4.6ClH.2H2N.4Pt/c3*1-6-4-2-3-5-7(6)8;2*1-8-2-3-9-4-5(6)7;4*1-2-4-3(5)6;2*1-6-2-3(4)5;3-1(4)2(5)6;;;;;;;;;;;;/h3*6-8H,1-5H2;2*2-4H2,1H3,(H,6,7);4*4H,2H2,1H3,(H,5,6);2*2H2,1H3,(H,4,5);(H,3,4)(H,5,6);6*1H;2*1H2;;;;/q3*-2;;;;;;;;;;;;;;;;2*-1;+2;3*+4/p-6/t3*6-,7-;;;;;;;;;;;;;;;;;;;;;/m111...................../s1. The van der Waals surface area contributed by atoms with E-state index in [-0.39, 0.29) is 77.9 Å². The fourth-order valence-electron chi connectivity index (χ4n) is 5.08. The van der Waals surface area contributed by atoms with Crippen molar-refractivity contribution in [3.05, 3.63) is 50.3 Å². The Morgan fingerprint density at radius 1 is 0.375 bits per heavy atom. The first kappa shape index (κ1) is 130. The van der Waals surface area contributed by atoms with Gasteiger partial charge >= 0.3 is 187 Å². The number of amides is 4. The summed E-state index contributed by atoms with van der Waals surface area (Å²) in [5, 5.41) is 86.2. The molecule has 0 unspecified atom stereocenters. The largest absolute Gasteiger partial charge is 2.00 e. The van der Waals surface area contributed by atoms with Gasteiger partial charge in [-0.25, -0.2) is 47.9 Å². The van der Waals surface area contributed by atoms with Crippen molar-refractivity contribution >= 4 is 117 Å². The monoisotopic (exact) mass is 2250 g/mol. The number of hydrogen-bond donors (Lipinski definition) is 14. The Bertz CT molecular complexity index is 1460. The summed E-state index contributed by atoms with van der Waals surface area (Å²) >= 11 is -1.42. The molecule has 0 spiro atoms. The number of halogens is 6. The van der Waals surface area contributed by atoms with Crippen LogP contribution in [0, 0.1) is 38.5 Å². The molecular formula is C51H105Cl6N9O26Pt4. The average molecular weight is 2250 g/mol. The number of nitrogens with two attached hydrogens (primary N) is 2. The number of aliphatic carboxylic acids is 6. The number of carboxylic acids is 6. The van der Waals surface area contributed by atoms with E-state index in [0.29, 0.717) is 70.4 Å². The predicted molar refractivity (Wildman–Crippen MR) is 354 cm³/mol. The SMILES string of the molecule is CCNC(=O)O.CCNC(=O)O.CCNC(=O)O.CCNC(=O)O.COCC(=O)O.COCC(=O)O.COCCOCC(=O)O.COCCOCC(=O)O.O=C(O)C(=O)O.[CH2-][C@@H]1CCCC[C@H]1[NH-].[CH2-][C@@H]1CCCC[C@H]1[NH-].[CH2-][C@@H]1CCCC[C@H]1[NH-].[Cl][Pt+2][Cl].[Cl][Pt+2][Cl].[Cl][Pt+2][Cl].[NH2-].[NH2-].[Pt+2]. The molecule has 0 aliphatic heterocycles. The maximum atomic E-state index is 9.80. The fraction of sp³-hybridized carbons (Fsp3) is 0.745. The molecule has 0 aromatic heterocycles. The molecule has 0 bridgehead atoms. The summed E-state index contributed by atoms with van der Waals surface area (Å²) in [6.45, 7) is 21.2. The van der Waals surface area contributed by atoms with Crippen LogP contribution < -0.4 is 21.3 Å². The fourth-order valence-corrected chi connectivity index (χ4v) is 5.08. The molecule has 6 atom stereocenters. The summed E-state index contributed by atoms with van der Waals surface area (Å²) in [7, 11) is 35.0. The maximum absolute atomic E-state index is 9.80. The summed E-state index contributed by atoms with van der Waals surface area (Å²) in [6, 6.07) is 0.427. The number of carboxylic acid groups (broad SMARTS) is 10. The smallest absolute Gasteiger partial charge is 0.693 e. The van der Waals surface area contributed by atoms with E-state index in [4.69, 9.17) is 134 Å². The van der Waals surface area contributed by atoms with E-state index in [2.05, 4.69) is 70.5 Å². The van der Waals surface area contributed by atoms with Crippen LogP contribution in [0.4, 0.5) is 19.2 Å². The minimum absolute atomic E-state index is 0. The third kappa shape index (κ3) is 180. The number of rotatable bonds is 18. The molecule has 45 heteroatoms. The van der Waals surface area contributed by atoms with Crippen LogP contribution >= 0.6 is 56.5 Å². The van der Waals surface area contributed by atoms with E-state index in [9.17, 15) is 38.4 Å². The molecule has 96 heavy (non-hydrogen) atoms. The molecule has 3 saturated carbocycles. The normalized spacial score (nSPS) is 15.8. The molecule has 21 N–H and O–H groups in total. The van der Waals surface area contributed by atoms with Gasteiger partial charge in [0.2, 0.25) is 0 Å². The molecule has 3 aliphatic carbocycles. The van der Waals surface area contributed by atoms with Crippen molar-refractivity contribution in [3.63, 3.8) is 0 Å². The Balaban J connectivity index is -0.0000000567. The van der Waals surface area contributed by atoms with Crippen molar-refractivity contribution in [3.8, 4) is 0 Å². The number of carbonyl (C=O) groups is 10. The summed E-state index contributed by atoms with van der Waals surface area (Å²) in [4.78, 5) is 94.7. The molecule has 35 nitrogen and oxygen atoms in total. The Labute approximate surface area is 629 Å². The van der Waals surface area contributed by atoms with Gasteiger partial charge in [0.15, 0.2) is 0 Å². The van der Waals surface area contributed by atoms with Gasteiger partial charge in [0.05, 0.1) is 26.4 Å². The molecule has 4 amide bonds. The van der Waals surface area contributed by atoms with Crippen LogP contribution in [0.25, 0.3) is 29.5 Å². The third-order valence-electron chi connectivity index (χ3n) is 9.07. The summed E-state index contributed by atoms with van der Waals surface area (Å²) < 4.78 is 26.8. The van der Waals surface area contributed by atoms with Gasteiger partial charge in [-0.2, -0.15) is 35.9 Å². The zero-order valence-corrected chi connectivity index (χ0v) is 68.4. The van der Waals surface area contributed by atoms with Crippen molar-refractivity contribution in [2.45, 2.75) is 123 Å². The van der Waals surface area contributed by atoms with E-state index < -0.39 is 110 Å². The van der Waals surface area contributed by atoms with Crippen molar-refractivity contribution in [1.29, 1.82) is 0 Å². The van der Waals surface area contributed by atoms with Crippen molar-refractivity contribution in [1.82, 2.24) is 21.3 Å². The van der Waals surface area contributed by atoms with Gasteiger partial charge in [-0.1, -0.05) is 77.0 Å². The molecule has 0 aromatic carbocycles. The van der Waals surface area contributed by atoms with Gasteiger partial charge in [-0.3, -0.25) is 0 Å². The van der Waals surface area contributed by atoms with E-state index in [1.54, 1.807) is 27.7 Å². The first-order chi connectivity index (χ1) is 43.5. The number of ether oxygens (including phenoxy) is 6. The molecule has 3 rings (SSSR count). The number of methoxy groups -OCH3 is 4. The van der Waals surface area contributed by atoms with Crippen molar-refractivity contribution < 1.29 is 198 Å². The minimum Gasteiger partial charge on any atom is -0.693 e. The first-order valence-corrected chi connectivity index (χ1v) is 43.8. The molecule has 0 radical (unpaired) electrons. The Hall–Kier alpha value is -2.05. The van der Waals surface area contributed by atoms with Crippen LogP contribution in [0.5, 0.6) is 0 Å². The third-order valence-corrected chi connectivity index (χ3v) is 9.07. The topological polar surface area (TPSA) is 615 Å². The second-order valence-electron chi connectivity index (χ2n) is 16.6. The average Bonchev–Trinajstić information content (AvgIpc) is 2.23. The van der Waals surface area contributed by atoms with Crippen LogP contribution in [-0.4, -0.2) is 237 Å². The second-order valence-corrected chi connectivity index (χ2v) is 26.4. The molecule has 0 saturated heterocycles. The van der Waals surface area contributed by atoms with E-state index in [1.165, 1.54) is 86.2 Å². The Morgan fingerprint density at radius 2 is 0.552 bits per heavy atom. The van der Waals surface area contributed by atoms with Crippen molar-refractivity contribution in [2.24, 2.45) is 17.8 Å². The van der Waals surface area contributed by atoms with Gasteiger partial charge in [-0.15, -0.1) is 0 Å². The quantitative estimate of drug-likeness (QED) is 0.0344. The first-order valence-electron chi connectivity index (χ1n) is 26.9. The molecular weight excluding hydrogens is 2150 g/mol.